The van der Waals surface area contributed by atoms with Crippen molar-refractivity contribution in [2.45, 2.75) is 56.8 Å². The minimum atomic E-state index is -0.231. The lowest BCUT2D eigenvalue weighted by Crippen LogP contribution is -2.43. The molecule has 0 unspecified atom stereocenters. The van der Waals surface area contributed by atoms with Gasteiger partial charge in [-0.2, -0.15) is 0 Å². The first kappa shape index (κ1) is 13.0. The summed E-state index contributed by atoms with van der Waals surface area (Å²) in [6.45, 7) is 0.772. The summed E-state index contributed by atoms with van der Waals surface area (Å²) in [7, 11) is 0. The van der Waals surface area contributed by atoms with Crippen molar-refractivity contribution in [1.82, 2.24) is 9.80 Å². The zero-order valence-electron chi connectivity index (χ0n) is 12.1. The van der Waals surface area contributed by atoms with Gasteiger partial charge in [0.15, 0.2) is 0 Å². The van der Waals surface area contributed by atoms with Gasteiger partial charge in [0.05, 0.1) is 12.5 Å². The zero-order valence-corrected chi connectivity index (χ0v) is 12.1. The SMILES string of the molecule is O=C1C[C@@H](N(Cc2ccccc2)C2CC2)C(=O)N1C1CC1. The molecule has 1 aliphatic heterocycles. The van der Waals surface area contributed by atoms with E-state index in [1.807, 2.05) is 18.2 Å². The molecule has 1 saturated heterocycles. The minimum absolute atomic E-state index is 0.0335. The first-order valence-electron chi connectivity index (χ1n) is 7.89. The van der Waals surface area contributed by atoms with Crippen molar-refractivity contribution in [1.29, 1.82) is 0 Å². The highest BCUT2D eigenvalue weighted by molar-refractivity contribution is 6.06. The standard InChI is InChI=1S/C17H20N2O2/c20-16-10-15(17(21)19(16)14-8-9-14)18(13-6-7-13)11-12-4-2-1-3-5-12/h1-5,13-15H,6-11H2/t15-/m1/s1. The summed E-state index contributed by atoms with van der Waals surface area (Å²) in [6, 6.07) is 10.7. The highest BCUT2D eigenvalue weighted by atomic mass is 16.2. The summed E-state index contributed by atoms with van der Waals surface area (Å²) in [5, 5.41) is 0. The topological polar surface area (TPSA) is 40.6 Å². The second-order valence-electron chi connectivity index (χ2n) is 6.44. The van der Waals surface area contributed by atoms with E-state index in [4.69, 9.17) is 0 Å². The molecule has 3 fully saturated rings. The second kappa shape index (κ2) is 4.95. The average Bonchev–Trinajstić information content (AvgIpc) is 3.37. The van der Waals surface area contributed by atoms with E-state index in [1.54, 1.807) is 4.90 Å². The van der Waals surface area contributed by atoms with E-state index in [0.29, 0.717) is 12.5 Å². The zero-order chi connectivity index (χ0) is 14.4. The molecule has 110 valence electrons. The maximum atomic E-state index is 12.6. The van der Waals surface area contributed by atoms with E-state index < -0.39 is 0 Å². The van der Waals surface area contributed by atoms with Crippen molar-refractivity contribution in [2.75, 3.05) is 0 Å². The number of hydrogen-bond donors (Lipinski definition) is 0. The molecule has 3 aliphatic rings. The number of carbonyl (C=O) groups is 2. The molecule has 4 nitrogen and oxygen atoms in total. The lowest BCUT2D eigenvalue weighted by Gasteiger charge is -2.27. The van der Waals surface area contributed by atoms with E-state index >= 15 is 0 Å². The van der Waals surface area contributed by atoms with Crippen LogP contribution in [0.3, 0.4) is 0 Å². The Morgan fingerprint density at radius 1 is 1.05 bits per heavy atom. The van der Waals surface area contributed by atoms with Crippen LogP contribution in [-0.4, -0.2) is 39.7 Å². The van der Waals surface area contributed by atoms with Crippen LogP contribution < -0.4 is 0 Å². The van der Waals surface area contributed by atoms with Gasteiger partial charge in [0, 0.05) is 18.6 Å². The summed E-state index contributed by atoms with van der Waals surface area (Å²) in [5.41, 5.74) is 1.22. The molecule has 1 aromatic rings. The second-order valence-corrected chi connectivity index (χ2v) is 6.44. The third-order valence-electron chi connectivity index (χ3n) is 4.70. The molecule has 21 heavy (non-hydrogen) atoms. The maximum absolute atomic E-state index is 12.6. The molecule has 1 heterocycles. The van der Waals surface area contributed by atoms with Gasteiger partial charge in [0.25, 0.3) is 0 Å². The minimum Gasteiger partial charge on any atom is -0.284 e. The van der Waals surface area contributed by atoms with E-state index in [9.17, 15) is 9.59 Å². The van der Waals surface area contributed by atoms with Gasteiger partial charge in [-0.15, -0.1) is 0 Å². The highest BCUT2D eigenvalue weighted by Crippen LogP contribution is 2.37. The van der Waals surface area contributed by atoms with Gasteiger partial charge in [-0.1, -0.05) is 30.3 Å². The Kier molecular flexibility index (Phi) is 3.07. The summed E-state index contributed by atoms with van der Waals surface area (Å²) >= 11 is 0. The molecular weight excluding hydrogens is 264 g/mol. The van der Waals surface area contributed by atoms with Crippen molar-refractivity contribution >= 4 is 11.8 Å². The largest absolute Gasteiger partial charge is 0.284 e. The Labute approximate surface area is 124 Å². The molecule has 0 aromatic heterocycles. The van der Waals surface area contributed by atoms with E-state index in [0.717, 1.165) is 32.2 Å². The van der Waals surface area contributed by atoms with E-state index in [1.165, 1.54) is 5.56 Å². The number of likely N-dealkylation sites (tertiary alicyclic amines) is 1. The van der Waals surface area contributed by atoms with Crippen LogP contribution in [0.25, 0.3) is 0 Å². The molecule has 1 atom stereocenters. The molecule has 1 aromatic carbocycles. The summed E-state index contributed by atoms with van der Waals surface area (Å²) in [5.74, 6) is 0.0801. The molecule has 0 radical (unpaired) electrons. The Bertz CT molecular complexity index is 563. The van der Waals surface area contributed by atoms with Gasteiger partial charge in [0.1, 0.15) is 0 Å². The molecule has 2 amide bonds. The smallest absolute Gasteiger partial charge is 0.247 e. The third-order valence-corrected chi connectivity index (χ3v) is 4.70. The fourth-order valence-corrected chi connectivity index (χ4v) is 3.30. The van der Waals surface area contributed by atoms with Crippen LogP contribution in [0.4, 0.5) is 0 Å². The molecular formula is C17H20N2O2. The number of carbonyl (C=O) groups excluding carboxylic acids is 2. The molecule has 4 heteroatoms. The molecule has 0 spiro atoms. The first-order chi connectivity index (χ1) is 10.2. The molecule has 4 rings (SSSR count). The van der Waals surface area contributed by atoms with Crippen molar-refractivity contribution < 1.29 is 9.59 Å². The lowest BCUT2D eigenvalue weighted by molar-refractivity contribution is -0.140. The molecule has 2 saturated carbocycles. The van der Waals surface area contributed by atoms with Crippen LogP contribution in [0.1, 0.15) is 37.7 Å². The normalized spacial score (nSPS) is 26.0. The van der Waals surface area contributed by atoms with Crippen LogP contribution in [0, 0.1) is 0 Å². The van der Waals surface area contributed by atoms with Crippen LogP contribution in [0.15, 0.2) is 30.3 Å². The molecule has 0 bridgehead atoms. The third kappa shape index (κ3) is 2.48. The van der Waals surface area contributed by atoms with Crippen molar-refractivity contribution in [3.8, 4) is 0 Å². The van der Waals surface area contributed by atoms with Crippen LogP contribution in [-0.2, 0) is 16.1 Å². The molecule has 2 aliphatic carbocycles. The summed E-state index contributed by atoms with van der Waals surface area (Å²) in [6.07, 6.45) is 4.65. The predicted octanol–water partition coefficient (Wildman–Crippen LogP) is 1.94. The summed E-state index contributed by atoms with van der Waals surface area (Å²) in [4.78, 5) is 28.6. The Morgan fingerprint density at radius 3 is 2.38 bits per heavy atom. The van der Waals surface area contributed by atoms with Crippen molar-refractivity contribution in [3.63, 3.8) is 0 Å². The van der Waals surface area contributed by atoms with Gasteiger partial charge in [-0.3, -0.25) is 19.4 Å². The number of benzene rings is 1. The van der Waals surface area contributed by atoms with Gasteiger partial charge in [-0.25, -0.2) is 0 Å². The Morgan fingerprint density at radius 2 is 1.76 bits per heavy atom. The van der Waals surface area contributed by atoms with E-state index in [2.05, 4.69) is 17.0 Å². The van der Waals surface area contributed by atoms with Gasteiger partial charge in [-0.05, 0) is 31.2 Å². The maximum Gasteiger partial charge on any atom is 0.247 e. The summed E-state index contributed by atoms with van der Waals surface area (Å²) < 4.78 is 0. The number of amides is 2. The van der Waals surface area contributed by atoms with Gasteiger partial charge < -0.3 is 0 Å². The van der Waals surface area contributed by atoms with Crippen LogP contribution >= 0.6 is 0 Å². The number of hydrogen-bond acceptors (Lipinski definition) is 3. The predicted molar refractivity (Wildman–Crippen MR) is 78.3 cm³/mol. The first-order valence-corrected chi connectivity index (χ1v) is 7.89. The molecule has 0 N–H and O–H groups in total. The quantitative estimate of drug-likeness (QED) is 0.776. The number of rotatable bonds is 5. The van der Waals surface area contributed by atoms with E-state index in [-0.39, 0.29) is 23.9 Å². The van der Waals surface area contributed by atoms with Gasteiger partial charge in [0.2, 0.25) is 11.8 Å². The Balaban J connectivity index is 1.54. The lowest BCUT2D eigenvalue weighted by atomic mass is 10.1. The highest BCUT2D eigenvalue weighted by Gasteiger charge is 2.50. The van der Waals surface area contributed by atoms with Gasteiger partial charge >= 0.3 is 0 Å². The van der Waals surface area contributed by atoms with Crippen LogP contribution in [0.2, 0.25) is 0 Å². The van der Waals surface area contributed by atoms with Crippen molar-refractivity contribution in [3.05, 3.63) is 35.9 Å². The monoisotopic (exact) mass is 284 g/mol. The van der Waals surface area contributed by atoms with Crippen molar-refractivity contribution in [2.24, 2.45) is 0 Å². The number of imide groups is 1. The average molecular weight is 284 g/mol. The fourth-order valence-electron chi connectivity index (χ4n) is 3.30. The number of nitrogens with zero attached hydrogens (tertiary/aromatic N) is 2. The Hall–Kier alpha value is -1.68. The van der Waals surface area contributed by atoms with Crippen LogP contribution in [0.5, 0.6) is 0 Å². The fraction of sp³-hybridized carbons (Fsp3) is 0.529.